The predicted octanol–water partition coefficient (Wildman–Crippen LogP) is 4.02. The molecule has 0 spiro atoms. The van der Waals surface area contributed by atoms with Crippen LogP contribution in [0.4, 0.5) is 0 Å². The lowest BCUT2D eigenvalue weighted by atomic mass is 9.44. The molecule has 0 unspecified atom stereocenters. The van der Waals surface area contributed by atoms with Gasteiger partial charge >= 0.3 is 5.97 Å². The first-order valence-corrected chi connectivity index (χ1v) is 9.82. The van der Waals surface area contributed by atoms with Gasteiger partial charge in [-0.15, -0.1) is 0 Å². The number of carbonyl (C=O) groups excluding carboxylic acids is 1. The van der Waals surface area contributed by atoms with Crippen LogP contribution in [0.25, 0.3) is 0 Å². The standard InChI is InChI=1S/C22H36O4/c1-7-15(2)8-9-18-20(4)12-11-19(26-16(3)24)21(5,14-23)17(20)10-13-22(18,6)25/h7,17-19,23,25H,1-2,8-14H2,3-6H3/t17-,18+,19+,20+,21+,22-/m0/s1. The van der Waals surface area contributed by atoms with E-state index in [0.717, 1.165) is 37.7 Å². The third-order valence-corrected chi connectivity index (χ3v) is 7.45. The Bertz CT molecular complexity index is 566. The van der Waals surface area contributed by atoms with Gasteiger partial charge in [0.15, 0.2) is 0 Å². The molecule has 0 bridgehead atoms. The highest BCUT2D eigenvalue weighted by molar-refractivity contribution is 5.66. The summed E-state index contributed by atoms with van der Waals surface area (Å²) in [5, 5.41) is 21.5. The Kier molecular flexibility index (Phi) is 6.09. The summed E-state index contributed by atoms with van der Waals surface area (Å²) in [6.07, 6.45) is 6.31. The maximum absolute atomic E-state index is 11.6. The molecule has 0 aromatic rings. The number of ether oxygens (including phenoxy) is 1. The fourth-order valence-electron chi connectivity index (χ4n) is 6.00. The molecule has 2 fully saturated rings. The Balaban J connectivity index is 2.36. The van der Waals surface area contributed by atoms with E-state index in [1.165, 1.54) is 6.92 Å². The molecule has 2 aliphatic rings. The number of allylic oxidation sites excluding steroid dienone is 2. The molecule has 2 saturated carbocycles. The quantitative estimate of drug-likeness (QED) is 0.552. The number of aliphatic hydroxyl groups excluding tert-OH is 1. The van der Waals surface area contributed by atoms with Crippen molar-refractivity contribution in [2.45, 2.75) is 77.9 Å². The zero-order chi connectivity index (χ0) is 19.8. The summed E-state index contributed by atoms with van der Waals surface area (Å²) in [5.74, 6) is 0.00911. The van der Waals surface area contributed by atoms with Crippen LogP contribution in [-0.2, 0) is 9.53 Å². The van der Waals surface area contributed by atoms with Crippen LogP contribution in [0.1, 0.15) is 66.2 Å². The zero-order valence-electron chi connectivity index (χ0n) is 16.9. The van der Waals surface area contributed by atoms with Crippen molar-refractivity contribution in [3.8, 4) is 0 Å². The van der Waals surface area contributed by atoms with Crippen molar-refractivity contribution in [2.24, 2.45) is 22.7 Å². The average molecular weight is 365 g/mol. The molecule has 0 saturated heterocycles. The Morgan fingerprint density at radius 2 is 1.92 bits per heavy atom. The van der Waals surface area contributed by atoms with Gasteiger partial charge in [-0.05, 0) is 62.7 Å². The van der Waals surface area contributed by atoms with E-state index >= 15 is 0 Å². The summed E-state index contributed by atoms with van der Waals surface area (Å²) in [4.78, 5) is 11.6. The first-order valence-electron chi connectivity index (χ1n) is 9.82. The highest BCUT2D eigenvalue weighted by Crippen LogP contribution is 2.63. The maximum Gasteiger partial charge on any atom is 0.302 e. The van der Waals surface area contributed by atoms with Gasteiger partial charge in [-0.25, -0.2) is 0 Å². The van der Waals surface area contributed by atoms with E-state index in [-0.39, 0.29) is 35.9 Å². The number of fused-ring (bicyclic) bond motifs is 1. The minimum Gasteiger partial charge on any atom is -0.462 e. The fraction of sp³-hybridized carbons (Fsp3) is 0.773. The number of carbonyl (C=O) groups is 1. The molecular weight excluding hydrogens is 328 g/mol. The first kappa shape index (κ1) is 21.2. The summed E-state index contributed by atoms with van der Waals surface area (Å²) in [7, 11) is 0. The molecule has 0 amide bonds. The monoisotopic (exact) mass is 364 g/mol. The van der Waals surface area contributed by atoms with E-state index in [2.05, 4.69) is 20.1 Å². The van der Waals surface area contributed by atoms with Crippen LogP contribution in [0.3, 0.4) is 0 Å². The topological polar surface area (TPSA) is 66.8 Å². The van der Waals surface area contributed by atoms with Gasteiger partial charge in [0.2, 0.25) is 0 Å². The Morgan fingerprint density at radius 3 is 2.46 bits per heavy atom. The van der Waals surface area contributed by atoms with Crippen LogP contribution < -0.4 is 0 Å². The first-order chi connectivity index (χ1) is 12.0. The maximum atomic E-state index is 11.6. The molecule has 2 rings (SSSR count). The highest BCUT2D eigenvalue weighted by Gasteiger charge is 2.62. The van der Waals surface area contributed by atoms with Crippen molar-refractivity contribution in [3.05, 3.63) is 24.8 Å². The number of aliphatic hydroxyl groups is 2. The van der Waals surface area contributed by atoms with E-state index in [1.807, 2.05) is 13.8 Å². The molecule has 2 aliphatic carbocycles. The van der Waals surface area contributed by atoms with E-state index in [9.17, 15) is 15.0 Å². The molecule has 26 heavy (non-hydrogen) atoms. The summed E-state index contributed by atoms with van der Waals surface area (Å²) in [6, 6.07) is 0. The van der Waals surface area contributed by atoms with Crippen molar-refractivity contribution in [3.63, 3.8) is 0 Å². The third kappa shape index (κ3) is 3.63. The highest BCUT2D eigenvalue weighted by atomic mass is 16.5. The van der Waals surface area contributed by atoms with Crippen LogP contribution in [0.2, 0.25) is 0 Å². The summed E-state index contributed by atoms with van der Waals surface area (Å²) >= 11 is 0. The average Bonchev–Trinajstić information content (AvgIpc) is 2.56. The SMILES string of the molecule is C=CC(=C)CC[C@@H]1[C@]2(C)CC[C@@H](OC(C)=O)[C@](C)(CO)[C@H]2CC[C@]1(C)O. The van der Waals surface area contributed by atoms with Crippen molar-refractivity contribution in [1.29, 1.82) is 0 Å². The minimum atomic E-state index is -0.739. The molecular formula is C22H36O4. The smallest absolute Gasteiger partial charge is 0.302 e. The number of hydrogen-bond acceptors (Lipinski definition) is 4. The van der Waals surface area contributed by atoms with Gasteiger partial charge in [0.05, 0.1) is 12.2 Å². The Morgan fingerprint density at radius 1 is 1.27 bits per heavy atom. The van der Waals surface area contributed by atoms with Crippen LogP contribution in [0.15, 0.2) is 24.8 Å². The molecule has 0 aromatic carbocycles. The summed E-state index contributed by atoms with van der Waals surface area (Å²) in [6.45, 7) is 15.5. The lowest BCUT2D eigenvalue weighted by Gasteiger charge is -2.63. The van der Waals surface area contributed by atoms with Gasteiger partial charge in [-0.3, -0.25) is 4.79 Å². The van der Waals surface area contributed by atoms with Crippen LogP contribution >= 0.6 is 0 Å². The second-order valence-electron chi connectivity index (χ2n) is 9.21. The normalized spacial score (nSPS) is 42.6. The van der Waals surface area contributed by atoms with Crippen molar-refractivity contribution >= 4 is 5.97 Å². The molecule has 4 heteroatoms. The lowest BCUT2D eigenvalue weighted by Crippen LogP contribution is -2.62. The predicted molar refractivity (Wildman–Crippen MR) is 103 cm³/mol. The number of esters is 1. The molecule has 148 valence electrons. The van der Waals surface area contributed by atoms with Crippen LogP contribution in [0.5, 0.6) is 0 Å². The minimum absolute atomic E-state index is 0.0145. The van der Waals surface area contributed by atoms with Gasteiger partial charge in [0.25, 0.3) is 0 Å². The van der Waals surface area contributed by atoms with E-state index in [1.54, 1.807) is 6.08 Å². The van der Waals surface area contributed by atoms with E-state index in [4.69, 9.17) is 4.74 Å². The van der Waals surface area contributed by atoms with Crippen LogP contribution in [0, 0.1) is 22.7 Å². The lowest BCUT2D eigenvalue weighted by molar-refractivity contribution is -0.218. The molecule has 0 heterocycles. The molecule has 6 atom stereocenters. The second kappa shape index (κ2) is 7.47. The third-order valence-electron chi connectivity index (χ3n) is 7.45. The van der Waals surface area contributed by atoms with Crippen molar-refractivity contribution in [2.75, 3.05) is 6.61 Å². The molecule has 0 aliphatic heterocycles. The zero-order valence-corrected chi connectivity index (χ0v) is 16.9. The number of rotatable bonds is 6. The van der Waals surface area contributed by atoms with Gasteiger partial charge < -0.3 is 14.9 Å². The van der Waals surface area contributed by atoms with Gasteiger partial charge in [-0.2, -0.15) is 0 Å². The summed E-state index contributed by atoms with van der Waals surface area (Å²) in [5.41, 5.74) is -0.345. The Hall–Kier alpha value is -1.13. The number of hydrogen-bond donors (Lipinski definition) is 2. The van der Waals surface area contributed by atoms with E-state index < -0.39 is 11.0 Å². The fourth-order valence-corrected chi connectivity index (χ4v) is 6.00. The molecule has 4 nitrogen and oxygen atoms in total. The summed E-state index contributed by atoms with van der Waals surface area (Å²) < 4.78 is 5.61. The largest absolute Gasteiger partial charge is 0.462 e. The van der Waals surface area contributed by atoms with Crippen LogP contribution in [-0.4, -0.2) is 34.5 Å². The van der Waals surface area contributed by atoms with Crippen molar-refractivity contribution < 1.29 is 19.7 Å². The molecule has 0 aromatic heterocycles. The molecule has 0 radical (unpaired) electrons. The van der Waals surface area contributed by atoms with Crippen molar-refractivity contribution in [1.82, 2.24) is 0 Å². The van der Waals surface area contributed by atoms with Gasteiger partial charge in [-0.1, -0.05) is 38.7 Å². The van der Waals surface area contributed by atoms with Gasteiger partial charge in [0, 0.05) is 12.3 Å². The van der Waals surface area contributed by atoms with E-state index in [0.29, 0.717) is 6.42 Å². The van der Waals surface area contributed by atoms with Gasteiger partial charge in [0.1, 0.15) is 6.10 Å². The second-order valence-corrected chi connectivity index (χ2v) is 9.21. The molecule has 2 N–H and O–H groups in total. The Labute approximate surface area is 158 Å².